The lowest BCUT2D eigenvalue weighted by molar-refractivity contribution is -0.126. The quantitative estimate of drug-likeness (QED) is 0.773. The largest absolute Gasteiger partial charge is 0.356 e. The summed E-state index contributed by atoms with van der Waals surface area (Å²) in [6.45, 7) is 0.486. The number of halogens is 3. The maximum Gasteiger partial charge on any atom is 0.246 e. The number of rotatable bonds is 6. The lowest BCUT2D eigenvalue weighted by Crippen LogP contribution is -2.43. The molecule has 5 nitrogen and oxygen atoms in total. The highest BCUT2D eigenvalue weighted by molar-refractivity contribution is 7.89. The monoisotopic (exact) mass is 426 g/mol. The fraction of sp³-hybridized carbons (Fsp3) is 0.350. The van der Waals surface area contributed by atoms with Crippen molar-refractivity contribution in [3.8, 4) is 0 Å². The van der Waals surface area contributed by atoms with Crippen LogP contribution in [-0.4, -0.2) is 38.3 Å². The van der Waals surface area contributed by atoms with Gasteiger partial charge in [0.05, 0.1) is 0 Å². The molecule has 1 saturated heterocycles. The normalized spacial score (nSPS) is 16.0. The molecule has 0 saturated carbocycles. The van der Waals surface area contributed by atoms with E-state index < -0.39 is 26.6 Å². The van der Waals surface area contributed by atoms with E-state index in [4.69, 9.17) is 0 Å². The van der Waals surface area contributed by atoms with Gasteiger partial charge in [-0.1, -0.05) is 12.1 Å². The van der Waals surface area contributed by atoms with Crippen LogP contribution in [0.1, 0.15) is 18.4 Å². The first-order valence-electron chi connectivity index (χ1n) is 9.25. The van der Waals surface area contributed by atoms with E-state index >= 15 is 0 Å². The minimum atomic E-state index is -4.16. The maximum absolute atomic E-state index is 13.9. The van der Waals surface area contributed by atoms with Gasteiger partial charge in [-0.05, 0) is 55.2 Å². The van der Waals surface area contributed by atoms with Gasteiger partial charge in [-0.15, -0.1) is 0 Å². The highest BCUT2D eigenvalue weighted by atomic mass is 32.2. The van der Waals surface area contributed by atoms with E-state index in [-0.39, 0.29) is 30.7 Å². The second-order valence-corrected chi connectivity index (χ2v) is 8.83. The Morgan fingerprint density at radius 1 is 1.00 bits per heavy atom. The molecule has 156 valence electrons. The molecule has 29 heavy (non-hydrogen) atoms. The van der Waals surface area contributed by atoms with Crippen molar-refractivity contribution in [2.75, 3.05) is 19.6 Å². The number of nitrogens with one attached hydrogen (secondary N) is 1. The average Bonchev–Trinajstić information content (AvgIpc) is 2.71. The third kappa shape index (κ3) is 5.16. The Hall–Kier alpha value is -2.39. The zero-order valence-corrected chi connectivity index (χ0v) is 16.4. The molecule has 0 bridgehead atoms. The number of benzene rings is 2. The maximum atomic E-state index is 13.9. The molecule has 3 rings (SSSR count). The summed E-state index contributed by atoms with van der Waals surface area (Å²) >= 11 is 0. The van der Waals surface area contributed by atoms with Crippen LogP contribution in [0, 0.1) is 23.4 Å². The molecular formula is C20H21F3N2O3S. The lowest BCUT2D eigenvalue weighted by atomic mass is 9.97. The Morgan fingerprint density at radius 2 is 1.62 bits per heavy atom. The molecule has 1 aliphatic rings. The molecule has 0 spiro atoms. The first kappa shape index (κ1) is 21.3. The molecule has 9 heteroatoms. The zero-order valence-electron chi connectivity index (χ0n) is 15.6. The van der Waals surface area contributed by atoms with Gasteiger partial charge in [-0.3, -0.25) is 4.79 Å². The number of hydrogen-bond donors (Lipinski definition) is 1. The fourth-order valence-electron chi connectivity index (χ4n) is 3.30. The zero-order chi connectivity index (χ0) is 21.0. The third-order valence-electron chi connectivity index (χ3n) is 4.96. The molecule has 2 aromatic carbocycles. The third-order valence-corrected chi connectivity index (χ3v) is 6.88. The second kappa shape index (κ2) is 8.96. The van der Waals surface area contributed by atoms with Crippen LogP contribution in [0.25, 0.3) is 0 Å². The van der Waals surface area contributed by atoms with Gasteiger partial charge in [0.1, 0.15) is 22.3 Å². The predicted molar refractivity (Wildman–Crippen MR) is 101 cm³/mol. The van der Waals surface area contributed by atoms with Crippen molar-refractivity contribution in [1.29, 1.82) is 0 Å². The van der Waals surface area contributed by atoms with E-state index in [0.29, 0.717) is 31.9 Å². The second-order valence-electron chi connectivity index (χ2n) is 6.92. The van der Waals surface area contributed by atoms with Crippen molar-refractivity contribution in [3.63, 3.8) is 0 Å². The summed E-state index contributed by atoms with van der Waals surface area (Å²) in [4.78, 5) is 11.6. The van der Waals surface area contributed by atoms with Gasteiger partial charge in [-0.25, -0.2) is 21.6 Å². The van der Waals surface area contributed by atoms with Crippen LogP contribution < -0.4 is 5.32 Å². The van der Waals surface area contributed by atoms with Crippen LogP contribution in [0.2, 0.25) is 0 Å². The molecule has 0 aromatic heterocycles. The minimum absolute atomic E-state index is 0.0499. The highest BCUT2D eigenvalue weighted by Gasteiger charge is 2.33. The molecule has 1 fully saturated rings. The molecule has 0 aliphatic carbocycles. The Bertz CT molecular complexity index is 973. The molecule has 1 aliphatic heterocycles. The molecule has 1 amide bonds. The van der Waals surface area contributed by atoms with Crippen molar-refractivity contribution in [2.45, 2.75) is 24.2 Å². The Labute approximate surface area is 167 Å². The van der Waals surface area contributed by atoms with Crippen LogP contribution in [0.4, 0.5) is 13.2 Å². The Balaban J connectivity index is 1.52. The molecule has 0 radical (unpaired) electrons. The van der Waals surface area contributed by atoms with Crippen LogP contribution in [-0.2, 0) is 21.2 Å². The molecule has 0 atom stereocenters. The smallest absolute Gasteiger partial charge is 0.246 e. The summed E-state index contributed by atoms with van der Waals surface area (Å²) in [6.07, 6.45) is 1.13. The van der Waals surface area contributed by atoms with Gasteiger partial charge in [0, 0.05) is 25.6 Å². The molecule has 1 N–H and O–H groups in total. The average molecular weight is 426 g/mol. The van der Waals surface area contributed by atoms with Gasteiger partial charge in [0.15, 0.2) is 0 Å². The van der Waals surface area contributed by atoms with Gasteiger partial charge in [-0.2, -0.15) is 4.31 Å². The summed E-state index contributed by atoms with van der Waals surface area (Å²) in [7, 11) is -4.16. The standard InChI is InChI=1S/C20H21F3N2O3S/c21-16-3-1-14(2-4-16)7-10-24-20(26)15-8-11-25(12-9-15)29(27,28)19-13-17(22)5-6-18(19)23/h1-6,13,15H,7-12H2,(H,24,26). The van der Waals surface area contributed by atoms with Gasteiger partial charge in [0.25, 0.3) is 0 Å². The summed E-state index contributed by atoms with van der Waals surface area (Å²) in [5.74, 6) is -2.70. The van der Waals surface area contributed by atoms with Crippen molar-refractivity contribution in [3.05, 3.63) is 65.5 Å². The number of carbonyl (C=O) groups is 1. The van der Waals surface area contributed by atoms with Crippen LogP contribution in [0.15, 0.2) is 47.4 Å². The molecule has 2 aromatic rings. The number of amides is 1. The number of sulfonamides is 1. The molecular weight excluding hydrogens is 405 g/mol. The number of piperidine rings is 1. The molecule has 0 unspecified atom stereocenters. The van der Waals surface area contributed by atoms with Gasteiger partial charge < -0.3 is 5.32 Å². The number of nitrogens with zero attached hydrogens (tertiary/aromatic N) is 1. The fourth-order valence-corrected chi connectivity index (χ4v) is 4.84. The Morgan fingerprint density at radius 3 is 2.28 bits per heavy atom. The van der Waals surface area contributed by atoms with E-state index in [2.05, 4.69) is 5.32 Å². The van der Waals surface area contributed by atoms with E-state index in [1.807, 2.05) is 0 Å². The minimum Gasteiger partial charge on any atom is -0.356 e. The van der Waals surface area contributed by atoms with Crippen molar-refractivity contribution < 1.29 is 26.4 Å². The lowest BCUT2D eigenvalue weighted by Gasteiger charge is -2.30. The number of hydrogen-bond acceptors (Lipinski definition) is 3. The summed E-state index contributed by atoms with van der Waals surface area (Å²) in [6, 6.07) is 8.32. The van der Waals surface area contributed by atoms with Crippen LogP contribution in [0.3, 0.4) is 0 Å². The summed E-state index contributed by atoms with van der Waals surface area (Å²) < 4.78 is 66.4. The summed E-state index contributed by atoms with van der Waals surface area (Å²) in [5.41, 5.74) is 0.893. The summed E-state index contributed by atoms with van der Waals surface area (Å²) in [5, 5.41) is 2.81. The number of carbonyl (C=O) groups excluding carboxylic acids is 1. The van der Waals surface area contributed by atoms with E-state index in [1.165, 1.54) is 12.1 Å². The van der Waals surface area contributed by atoms with Crippen molar-refractivity contribution >= 4 is 15.9 Å². The topological polar surface area (TPSA) is 66.5 Å². The van der Waals surface area contributed by atoms with E-state index in [0.717, 1.165) is 22.0 Å². The first-order valence-corrected chi connectivity index (χ1v) is 10.7. The van der Waals surface area contributed by atoms with Crippen molar-refractivity contribution in [2.24, 2.45) is 5.92 Å². The first-order chi connectivity index (χ1) is 13.8. The van der Waals surface area contributed by atoms with E-state index in [9.17, 15) is 26.4 Å². The van der Waals surface area contributed by atoms with Crippen LogP contribution in [0.5, 0.6) is 0 Å². The Kier molecular flexibility index (Phi) is 6.59. The molecule has 1 heterocycles. The SMILES string of the molecule is O=C(NCCc1ccc(F)cc1)C1CCN(S(=O)(=O)c2cc(F)ccc2F)CC1. The van der Waals surface area contributed by atoms with Gasteiger partial charge in [0.2, 0.25) is 15.9 Å². The highest BCUT2D eigenvalue weighted by Crippen LogP contribution is 2.26. The van der Waals surface area contributed by atoms with Crippen molar-refractivity contribution in [1.82, 2.24) is 9.62 Å². The van der Waals surface area contributed by atoms with Gasteiger partial charge >= 0.3 is 0 Å². The van der Waals surface area contributed by atoms with E-state index in [1.54, 1.807) is 12.1 Å². The van der Waals surface area contributed by atoms with Crippen LogP contribution >= 0.6 is 0 Å². The predicted octanol–water partition coefficient (Wildman–Crippen LogP) is 2.86.